The van der Waals surface area contributed by atoms with Crippen molar-refractivity contribution < 1.29 is 9.53 Å². The molecule has 3 aliphatic rings. The highest BCUT2D eigenvalue weighted by Gasteiger charge is 2.34. The van der Waals surface area contributed by atoms with E-state index < -0.39 is 0 Å². The summed E-state index contributed by atoms with van der Waals surface area (Å²) in [5, 5.41) is 0. The first-order valence-electron chi connectivity index (χ1n) is 8.15. The van der Waals surface area contributed by atoms with E-state index in [1.165, 1.54) is 49.7 Å². The second-order valence-corrected chi connectivity index (χ2v) is 6.71. The van der Waals surface area contributed by atoms with Crippen LogP contribution in [0, 0.1) is 0 Å². The minimum absolute atomic E-state index is 0.326. The van der Waals surface area contributed by atoms with Gasteiger partial charge in [-0.15, -0.1) is 0 Å². The fraction of sp³-hybridized carbons (Fsp3) is 0.611. The van der Waals surface area contributed by atoms with Crippen LogP contribution in [0.15, 0.2) is 12.1 Å². The average Bonchev–Trinajstić information content (AvgIpc) is 3.38. The zero-order valence-corrected chi connectivity index (χ0v) is 11.9. The molecule has 0 saturated heterocycles. The number of hydrogen-bond acceptors (Lipinski definition) is 2. The number of rotatable bonds is 5. The molecule has 2 nitrogen and oxygen atoms in total. The van der Waals surface area contributed by atoms with Crippen LogP contribution in [0.1, 0.15) is 84.7 Å². The zero-order chi connectivity index (χ0) is 13.5. The molecule has 1 aromatic carbocycles. The van der Waals surface area contributed by atoms with E-state index in [1.807, 2.05) is 0 Å². The van der Waals surface area contributed by atoms with Crippen molar-refractivity contribution in [1.29, 1.82) is 0 Å². The van der Waals surface area contributed by atoms with Crippen LogP contribution in [0.4, 0.5) is 0 Å². The molecule has 0 amide bonds. The third kappa shape index (κ3) is 2.36. The van der Waals surface area contributed by atoms with Crippen LogP contribution in [-0.4, -0.2) is 12.4 Å². The minimum atomic E-state index is 0.326. The maximum absolute atomic E-state index is 11.4. The molecule has 3 fully saturated rings. The molecule has 3 aliphatic carbocycles. The van der Waals surface area contributed by atoms with E-state index >= 15 is 0 Å². The summed E-state index contributed by atoms with van der Waals surface area (Å²) < 4.78 is 6.14. The van der Waals surface area contributed by atoms with Crippen molar-refractivity contribution in [2.75, 3.05) is 0 Å². The van der Waals surface area contributed by atoms with Gasteiger partial charge in [0.1, 0.15) is 5.75 Å². The lowest BCUT2D eigenvalue weighted by molar-refractivity contribution is 0.111. The molecule has 0 unspecified atom stereocenters. The van der Waals surface area contributed by atoms with E-state index in [1.54, 1.807) is 0 Å². The fourth-order valence-corrected chi connectivity index (χ4v) is 3.51. The van der Waals surface area contributed by atoms with Gasteiger partial charge in [0.25, 0.3) is 0 Å². The average molecular weight is 270 g/mol. The summed E-state index contributed by atoms with van der Waals surface area (Å²) in [6, 6.07) is 4.33. The van der Waals surface area contributed by atoms with Crippen molar-refractivity contribution in [2.45, 2.75) is 69.3 Å². The highest BCUT2D eigenvalue weighted by molar-refractivity contribution is 5.80. The Hall–Kier alpha value is -1.31. The molecule has 3 saturated carbocycles. The summed E-state index contributed by atoms with van der Waals surface area (Å²) in [4.78, 5) is 11.4. The Kier molecular flexibility index (Phi) is 3.05. The van der Waals surface area contributed by atoms with Crippen LogP contribution in [-0.2, 0) is 0 Å². The number of carbonyl (C=O) groups is 1. The summed E-state index contributed by atoms with van der Waals surface area (Å²) in [5.74, 6) is 2.29. The Morgan fingerprint density at radius 1 is 0.900 bits per heavy atom. The number of benzene rings is 1. The molecule has 106 valence electrons. The largest absolute Gasteiger partial charge is 0.490 e. The van der Waals surface area contributed by atoms with Gasteiger partial charge in [0.15, 0.2) is 6.29 Å². The number of hydrogen-bond donors (Lipinski definition) is 0. The molecule has 4 rings (SSSR count). The molecule has 1 aromatic rings. The van der Waals surface area contributed by atoms with Crippen molar-refractivity contribution in [1.82, 2.24) is 0 Å². The lowest BCUT2D eigenvalue weighted by atomic mass is 9.96. The van der Waals surface area contributed by atoms with Gasteiger partial charge < -0.3 is 4.74 Å². The molecule has 0 N–H and O–H groups in total. The molecule has 20 heavy (non-hydrogen) atoms. The molecule has 0 atom stereocenters. The number of ether oxygens (including phenoxy) is 1. The predicted octanol–water partition coefficient (Wildman–Crippen LogP) is 4.58. The fourth-order valence-electron chi connectivity index (χ4n) is 3.51. The van der Waals surface area contributed by atoms with Gasteiger partial charge >= 0.3 is 0 Å². The van der Waals surface area contributed by atoms with Gasteiger partial charge in [-0.05, 0) is 86.5 Å². The second kappa shape index (κ2) is 4.91. The monoisotopic (exact) mass is 270 g/mol. The zero-order valence-electron chi connectivity index (χ0n) is 11.9. The molecule has 0 spiro atoms. The summed E-state index contributed by atoms with van der Waals surface area (Å²) in [6.45, 7) is 0. The van der Waals surface area contributed by atoms with E-state index in [0.29, 0.717) is 12.0 Å². The van der Waals surface area contributed by atoms with Gasteiger partial charge in [-0.2, -0.15) is 0 Å². The highest BCUT2D eigenvalue weighted by Crippen LogP contribution is 2.50. The van der Waals surface area contributed by atoms with Crippen molar-refractivity contribution in [3.63, 3.8) is 0 Å². The predicted molar refractivity (Wildman–Crippen MR) is 78.7 cm³/mol. The van der Waals surface area contributed by atoms with Crippen LogP contribution in [0.25, 0.3) is 0 Å². The molecule has 0 heterocycles. The molecule has 0 aromatic heterocycles. The van der Waals surface area contributed by atoms with Crippen molar-refractivity contribution in [3.05, 3.63) is 28.8 Å². The van der Waals surface area contributed by atoms with Gasteiger partial charge in [-0.3, -0.25) is 4.79 Å². The van der Waals surface area contributed by atoms with E-state index in [-0.39, 0.29) is 0 Å². The molecule has 0 aliphatic heterocycles. The van der Waals surface area contributed by atoms with Gasteiger partial charge in [0, 0.05) is 0 Å². The van der Waals surface area contributed by atoms with Gasteiger partial charge in [-0.25, -0.2) is 0 Å². The van der Waals surface area contributed by atoms with E-state index in [4.69, 9.17) is 4.74 Å². The third-order valence-corrected chi connectivity index (χ3v) is 4.97. The first kappa shape index (κ1) is 12.4. The number of carbonyl (C=O) groups excluding carboxylic acids is 1. The quantitative estimate of drug-likeness (QED) is 0.732. The first-order chi connectivity index (χ1) is 9.85. The summed E-state index contributed by atoms with van der Waals surface area (Å²) in [6.07, 6.45) is 11.3. The summed E-state index contributed by atoms with van der Waals surface area (Å²) >= 11 is 0. The maximum Gasteiger partial charge on any atom is 0.153 e. The van der Waals surface area contributed by atoms with Crippen molar-refractivity contribution in [3.8, 4) is 5.75 Å². The standard InChI is InChI=1S/C18H22O2/c19-11-14-9-16(12-5-6-12)17(13-7-8-13)10-18(14)20-15-3-1-2-4-15/h9-13,15H,1-8H2. The molecule has 0 bridgehead atoms. The Morgan fingerprint density at radius 2 is 1.50 bits per heavy atom. The van der Waals surface area contributed by atoms with Gasteiger partial charge in [0.2, 0.25) is 0 Å². The molecular weight excluding hydrogens is 248 g/mol. The van der Waals surface area contributed by atoms with Crippen molar-refractivity contribution in [2.24, 2.45) is 0 Å². The van der Waals surface area contributed by atoms with Crippen LogP contribution < -0.4 is 4.74 Å². The molecule has 0 radical (unpaired) electrons. The van der Waals surface area contributed by atoms with E-state index in [0.717, 1.165) is 36.4 Å². The van der Waals surface area contributed by atoms with Crippen LogP contribution >= 0.6 is 0 Å². The topological polar surface area (TPSA) is 26.3 Å². The van der Waals surface area contributed by atoms with Gasteiger partial charge in [0.05, 0.1) is 11.7 Å². The van der Waals surface area contributed by atoms with E-state index in [2.05, 4.69) is 12.1 Å². The maximum atomic E-state index is 11.4. The van der Waals surface area contributed by atoms with Gasteiger partial charge in [-0.1, -0.05) is 0 Å². The SMILES string of the molecule is O=Cc1cc(C2CC2)c(C2CC2)cc1OC1CCCC1. The molecule has 2 heteroatoms. The highest BCUT2D eigenvalue weighted by atomic mass is 16.5. The van der Waals surface area contributed by atoms with Crippen LogP contribution in [0.2, 0.25) is 0 Å². The minimum Gasteiger partial charge on any atom is -0.490 e. The normalized spacial score (nSPS) is 23.0. The van der Waals surface area contributed by atoms with Crippen LogP contribution in [0.3, 0.4) is 0 Å². The van der Waals surface area contributed by atoms with E-state index in [9.17, 15) is 4.79 Å². The Balaban J connectivity index is 1.68. The lowest BCUT2D eigenvalue weighted by Crippen LogP contribution is -2.12. The Labute approximate surface area is 120 Å². The smallest absolute Gasteiger partial charge is 0.153 e. The first-order valence-corrected chi connectivity index (χ1v) is 8.15. The van der Waals surface area contributed by atoms with Crippen LogP contribution in [0.5, 0.6) is 5.75 Å². The summed E-state index contributed by atoms with van der Waals surface area (Å²) in [5.41, 5.74) is 3.68. The van der Waals surface area contributed by atoms with Crippen molar-refractivity contribution >= 4 is 6.29 Å². The Bertz CT molecular complexity index is 520. The number of aldehydes is 1. The molecular formula is C18H22O2. The summed E-state index contributed by atoms with van der Waals surface area (Å²) in [7, 11) is 0. The second-order valence-electron chi connectivity index (χ2n) is 6.71. The third-order valence-electron chi connectivity index (χ3n) is 4.97. The lowest BCUT2D eigenvalue weighted by Gasteiger charge is -2.18. The Morgan fingerprint density at radius 3 is 2.05 bits per heavy atom.